The molecule has 0 amide bonds. The van der Waals surface area contributed by atoms with Crippen molar-refractivity contribution in [1.29, 1.82) is 0 Å². The van der Waals surface area contributed by atoms with Gasteiger partial charge in [0.1, 0.15) is 5.56 Å². The predicted molar refractivity (Wildman–Crippen MR) is 35.0 cm³/mol. The van der Waals surface area contributed by atoms with E-state index in [-0.39, 0.29) is 6.21 Å². The molecular formula is C7HF5N2. The number of hydrogen-bond acceptors (Lipinski definition) is 0. The lowest BCUT2D eigenvalue weighted by Crippen LogP contribution is -2.06. The second-order valence-corrected chi connectivity index (χ2v) is 2.23. The minimum atomic E-state index is -2.25. The highest BCUT2D eigenvalue weighted by Crippen LogP contribution is 2.21. The Bertz CT molecular complexity index is 407. The Labute approximate surface area is 74.2 Å². The van der Waals surface area contributed by atoms with Crippen molar-refractivity contribution in [2.45, 2.75) is 0 Å². The van der Waals surface area contributed by atoms with E-state index < -0.39 is 34.6 Å². The lowest BCUT2D eigenvalue weighted by molar-refractivity contribution is 0.00398. The number of rotatable bonds is 1. The van der Waals surface area contributed by atoms with Gasteiger partial charge < -0.3 is 5.53 Å². The maximum absolute atomic E-state index is 12.7. The summed E-state index contributed by atoms with van der Waals surface area (Å²) in [5, 5.41) is 0. The van der Waals surface area contributed by atoms with Crippen molar-refractivity contribution in [2.75, 3.05) is 0 Å². The minimum Gasteiger partial charge on any atom is -0.361 e. The molecule has 0 atom stereocenters. The summed E-state index contributed by atoms with van der Waals surface area (Å²) < 4.78 is 62.6. The van der Waals surface area contributed by atoms with Gasteiger partial charge in [0.2, 0.25) is 5.82 Å². The molecule has 0 heterocycles. The molecule has 0 N–H and O–H groups in total. The van der Waals surface area contributed by atoms with Crippen LogP contribution in [0.4, 0.5) is 22.0 Å². The van der Waals surface area contributed by atoms with E-state index in [0.29, 0.717) is 0 Å². The summed E-state index contributed by atoms with van der Waals surface area (Å²) in [5.74, 6) is -10.5. The van der Waals surface area contributed by atoms with Crippen LogP contribution in [0.2, 0.25) is 0 Å². The summed E-state index contributed by atoms with van der Waals surface area (Å²) >= 11 is 0. The zero-order valence-corrected chi connectivity index (χ0v) is 6.36. The van der Waals surface area contributed by atoms with Gasteiger partial charge in [-0.25, -0.2) is 22.0 Å². The second-order valence-electron chi connectivity index (χ2n) is 2.23. The Kier molecular flexibility index (Phi) is 2.62. The molecule has 14 heavy (non-hydrogen) atoms. The summed E-state index contributed by atoms with van der Waals surface area (Å²) in [6, 6.07) is 0. The predicted octanol–water partition coefficient (Wildman–Crippen LogP) is 2.03. The molecule has 7 heteroatoms. The van der Waals surface area contributed by atoms with Gasteiger partial charge in [-0.2, -0.15) is 4.79 Å². The summed E-state index contributed by atoms with van der Waals surface area (Å²) in [7, 11) is 0. The van der Waals surface area contributed by atoms with E-state index in [4.69, 9.17) is 5.53 Å². The third kappa shape index (κ3) is 1.38. The molecule has 0 aliphatic rings. The monoisotopic (exact) mass is 208 g/mol. The first kappa shape index (κ1) is 10.3. The summed E-state index contributed by atoms with van der Waals surface area (Å²) in [5.41, 5.74) is 6.63. The normalized spacial score (nSPS) is 9.79. The molecule has 0 bridgehead atoms. The van der Waals surface area contributed by atoms with E-state index in [1.165, 1.54) is 0 Å². The van der Waals surface area contributed by atoms with Crippen LogP contribution in [0.1, 0.15) is 5.56 Å². The molecule has 2 nitrogen and oxygen atoms in total. The van der Waals surface area contributed by atoms with Crippen molar-refractivity contribution in [3.05, 3.63) is 40.2 Å². The molecule has 1 rings (SSSR count). The van der Waals surface area contributed by atoms with Crippen LogP contribution >= 0.6 is 0 Å². The summed E-state index contributed by atoms with van der Waals surface area (Å²) in [6.45, 7) is 0. The molecular weight excluding hydrogens is 207 g/mol. The van der Waals surface area contributed by atoms with Crippen molar-refractivity contribution >= 4 is 6.21 Å². The van der Waals surface area contributed by atoms with Crippen molar-refractivity contribution in [3.63, 3.8) is 0 Å². The van der Waals surface area contributed by atoms with Gasteiger partial charge in [0.05, 0.1) is 0 Å². The topological polar surface area (TPSA) is 36.4 Å². The maximum Gasteiger partial charge on any atom is 0.293 e. The second kappa shape index (κ2) is 3.55. The van der Waals surface area contributed by atoms with Gasteiger partial charge >= 0.3 is 0 Å². The molecule has 0 saturated carbocycles. The fraction of sp³-hybridized carbons (Fsp3) is 0. The average molecular weight is 208 g/mol. The van der Waals surface area contributed by atoms with Crippen LogP contribution in [0.25, 0.3) is 5.53 Å². The van der Waals surface area contributed by atoms with Crippen LogP contribution in [0.15, 0.2) is 0 Å². The standard InChI is InChI=1S/C7HF5N2/c8-3-2(1-14-13)4(9)6(11)7(12)5(3)10/h1H. The molecule has 1 aromatic carbocycles. The van der Waals surface area contributed by atoms with Crippen LogP contribution in [0.5, 0.6) is 0 Å². The van der Waals surface area contributed by atoms with Crippen LogP contribution in [0.3, 0.4) is 0 Å². The number of hydrogen-bond donors (Lipinski definition) is 0. The highest BCUT2D eigenvalue weighted by atomic mass is 19.2. The van der Waals surface area contributed by atoms with Crippen molar-refractivity contribution < 1.29 is 26.7 Å². The number of halogens is 5. The van der Waals surface area contributed by atoms with Crippen molar-refractivity contribution in [2.24, 2.45) is 0 Å². The molecule has 1 aromatic rings. The molecule has 0 radical (unpaired) electrons. The first-order valence-corrected chi connectivity index (χ1v) is 3.19. The molecule has 0 unspecified atom stereocenters. The summed E-state index contributed by atoms with van der Waals surface area (Å²) in [6.07, 6.45) is 0.121. The van der Waals surface area contributed by atoms with Crippen LogP contribution in [-0.2, 0) is 0 Å². The van der Waals surface area contributed by atoms with E-state index in [0.717, 1.165) is 0 Å². The Morgan fingerprint density at radius 2 is 1.14 bits per heavy atom. The van der Waals surface area contributed by atoms with Gasteiger partial charge in [0.15, 0.2) is 23.3 Å². The smallest absolute Gasteiger partial charge is 0.293 e. The van der Waals surface area contributed by atoms with E-state index in [2.05, 4.69) is 4.79 Å². The molecule has 0 spiro atoms. The third-order valence-corrected chi connectivity index (χ3v) is 1.43. The lowest BCUT2D eigenvalue weighted by Gasteiger charge is -2.00. The molecule has 0 saturated heterocycles. The SMILES string of the molecule is [N-]=[N+]=Cc1c(F)c(F)c(F)c(F)c1F. The Morgan fingerprint density at radius 3 is 1.50 bits per heavy atom. The Hall–Kier alpha value is -1.75. The fourth-order valence-corrected chi connectivity index (χ4v) is 0.793. The Balaban J connectivity index is 3.67. The van der Waals surface area contributed by atoms with Gasteiger partial charge in [-0.3, -0.25) is 0 Å². The highest BCUT2D eigenvalue weighted by Gasteiger charge is 2.26. The van der Waals surface area contributed by atoms with E-state index in [1.807, 2.05) is 0 Å². The van der Waals surface area contributed by atoms with Crippen molar-refractivity contribution in [3.8, 4) is 0 Å². The molecule has 74 valence electrons. The van der Waals surface area contributed by atoms with Crippen LogP contribution < -0.4 is 0 Å². The van der Waals surface area contributed by atoms with Gasteiger partial charge in [-0.15, -0.1) is 0 Å². The molecule has 0 aromatic heterocycles. The van der Waals surface area contributed by atoms with E-state index in [9.17, 15) is 22.0 Å². The Morgan fingerprint density at radius 1 is 0.786 bits per heavy atom. The minimum absolute atomic E-state index is 0.121. The first-order valence-electron chi connectivity index (χ1n) is 3.19. The largest absolute Gasteiger partial charge is 0.361 e. The van der Waals surface area contributed by atoms with Gasteiger partial charge in [-0.1, -0.05) is 0 Å². The molecule has 0 aliphatic carbocycles. The molecule has 0 aliphatic heterocycles. The highest BCUT2D eigenvalue weighted by molar-refractivity contribution is 5.76. The fourth-order valence-electron chi connectivity index (χ4n) is 0.793. The van der Waals surface area contributed by atoms with E-state index in [1.54, 1.807) is 0 Å². The zero-order valence-electron chi connectivity index (χ0n) is 6.36. The molecule has 0 fully saturated rings. The van der Waals surface area contributed by atoms with Crippen LogP contribution in [0, 0.1) is 29.1 Å². The first-order chi connectivity index (χ1) is 6.50. The quantitative estimate of drug-likeness (QED) is 0.169. The maximum atomic E-state index is 12.7. The van der Waals surface area contributed by atoms with Crippen molar-refractivity contribution in [1.82, 2.24) is 0 Å². The van der Waals surface area contributed by atoms with Crippen LogP contribution in [-0.4, -0.2) is 11.0 Å². The third-order valence-electron chi connectivity index (χ3n) is 1.43. The van der Waals surface area contributed by atoms with E-state index >= 15 is 0 Å². The summed E-state index contributed by atoms with van der Waals surface area (Å²) in [4.78, 5) is 2.18. The number of nitrogens with zero attached hydrogens (tertiary/aromatic N) is 2. The average Bonchev–Trinajstić information content (AvgIpc) is 2.19. The van der Waals surface area contributed by atoms with Gasteiger partial charge in [0.25, 0.3) is 6.21 Å². The van der Waals surface area contributed by atoms with Gasteiger partial charge in [-0.05, 0) is 0 Å². The van der Waals surface area contributed by atoms with Gasteiger partial charge in [0, 0.05) is 0 Å². The lowest BCUT2D eigenvalue weighted by atomic mass is 10.2. The zero-order chi connectivity index (χ0) is 10.9. The number of benzene rings is 1.